The number of carboxylic acids is 1. The van der Waals surface area contributed by atoms with E-state index in [1.165, 1.54) is 6.07 Å². The number of ether oxygens (including phenoxy) is 1. The van der Waals surface area contributed by atoms with E-state index < -0.39 is 5.97 Å². The number of aromatic carboxylic acids is 1. The largest absolute Gasteiger partial charge is 0.488 e. The first-order valence-corrected chi connectivity index (χ1v) is 7.12. The SMILES string of the molecule is Cc1ccc2c(c1)C=C(C(=O)Nc1ccccc1C(=O)O)CO2. The molecule has 0 fully saturated rings. The first kappa shape index (κ1) is 14.8. The van der Waals surface area contributed by atoms with Gasteiger partial charge in [0.15, 0.2) is 0 Å². The minimum atomic E-state index is -1.09. The maximum Gasteiger partial charge on any atom is 0.337 e. The lowest BCUT2D eigenvalue weighted by atomic mass is 10.0. The van der Waals surface area contributed by atoms with Crippen molar-refractivity contribution in [2.45, 2.75) is 6.92 Å². The van der Waals surface area contributed by atoms with Crippen LogP contribution < -0.4 is 10.1 Å². The van der Waals surface area contributed by atoms with Crippen molar-refractivity contribution >= 4 is 23.6 Å². The summed E-state index contributed by atoms with van der Waals surface area (Å²) in [4.78, 5) is 23.6. The van der Waals surface area contributed by atoms with Gasteiger partial charge in [-0.25, -0.2) is 4.79 Å². The van der Waals surface area contributed by atoms with Crippen molar-refractivity contribution in [3.05, 3.63) is 64.7 Å². The third-order valence-electron chi connectivity index (χ3n) is 3.58. The summed E-state index contributed by atoms with van der Waals surface area (Å²) < 4.78 is 5.58. The van der Waals surface area contributed by atoms with Gasteiger partial charge in [-0.3, -0.25) is 4.79 Å². The molecule has 0 saturated carbocycles. The number of benzene rings is 2. The van der Waals surface area contributed by atoms with E-state index in [0.29, 0.717) is 5.57 Å². The fourth-order valence-corrected chi connectivity index (χ4v) is 2.41. The molecule has 0 aromatic heterocycles. The van der Waals surface area contributed by atoms with Crippen molar-refractivity contribution < 1.29 is 19.4 Å². The van der Waals surface area contributed by atoms with Crippen LogP contribution in [0.4, 0.5) is 5.69 Å². The molecule has 0 aliphatic carbocycles. The second-order valence-electron chi connectivity index (χ2n) is 5.30. The third-order valence-corrected chi connectivity index (χ3v) is 3.58. The van der Waals surface area contributed by atoms with Gasteiger partial charge in [0.25, 0.3) is 5.91 Å². The fraction of sp³-hybridized carbons (Fsp3) is 0.111. The fourth-order valence-electron chi connectivity index (χ4n) is 2.41. The van der Waals surface area contributed by atoms with Gasteiger partial charge in [0, 0.05) is 5.56 Å². The molecule has 0 radical (unpaired) electrons. The zero-order valence-corrected chi connectivity index (χ0v) is 12.5. The van der Waals surface area contributed by atoms with E-state index in [-0.39, 0.29) is 23.8 Å². The van der Waals surface area contributed by atoms with Crippen LogP contribution >= 0.6 is 0 Å². The molecule has 1 aliphatic heterocycles. The molecule has 1 heterocycles. The highest BCUT2D eigenvalue weighted by molar-refractivity contribution is 6.10. The number of carbonyl (C=O) groups is 2. The summed E-state index contributed by atoms with van der Waals surface area (Å²) in [6, 6.07) is 12.0. The van der Waals surface area contributed by atoms with Gasteiger partial charge in [-0.15, -0.1) is 0 Å². The molecule has 5 nitrogen and oxygen atoms in total. The monoisotopic (exact) mass is 309 g/mol. The second-order valence-corrected chi connectivity index (χ2v) is 5.30. The van der Waals surface area contributed by atoms with E-state index in [9.17, 15) is 9.59 Å². The zero-order valence-electron chi connectivity index (χ0n) is 12.5. The van der Waals surface area contributed by atoms with E-state index in [4.69, 9.17) is 9.84 Å². The molecule has 0 saturated heterocycles. The van der Waals surface area contributed by atoms with Gasteiger partial charge in [0.1, 0.15) is 12.4 Å². The molecule has 2 aromatic carbocycles. The summed E-state index contributed by atoms with van der Waals surface area (Å²) in [5.41, 5.74) is 2.67. The Kier molecular flexibility index (Phi) is 3.85. The van der Waals surface area contributed by atoms with Gasteiger partial charge in [0.2, 0.25) is 0 Å². The Labute approximate surface area is 133 Å². The Balaban J connectivity index is 1.86. The molecule has 1 aliphatic rings. The maximum absolute atomic E-state index is 12.4. The van der Waals surface area contributed by atoms with E-state index in [0.717, 1.165) is 16.9 Å². The number of carboxylic acid groups (broad SMARTS) is 1. The van der Waals surface area contributed by atoms with Gasteiger partial charge in [-0.2, -0.15) is 0 Å². The lowest BCUT2D eigenvalue weighted by Gasteiger charge is -2.18. The molecule has 0 spiro atoms. The van der Waals surface area contributed by atoms with Crippen LogP contribution in [0.2, 0.25) is 0 Å². The van der Waals surface area contributed by atoms with Gasteiger partial charge in [-0.05, 0) is 37.3 Å². The lowest BCUT2D eigenvalue weighted by Crippen LogP contribution is -2.22. The molecular formula is C18H15NO4. The number of hydrogen-bond donors (Lipinski definition) is 2. The summed E-state index contributed by atoms with van der Waals surface area (Å²) in [7, 11) is 0. The molecule has 0 unspecified atom stereocenters. The Hall–Kier alpha value is -3.08. The number of rotatable bonds is 3. The average Bonchev–Trinajstić information content (AvgIpc) is 2.54. The van der Waals surface area contributed by atoms with E-state index in [1.54, 1.807) is 24.3 Å². The van der Waals surface area contributed by atoms with E-state index >= 15 is 0 Å². The number of amides is 1. The smallest absolute Gasteiger partial charge is 0.337 e. The van der Waals surface area contributed by atoms with Gasteiger partial charge in [0.05, 0.1) is 16.8 Å². The normalized spacial score (nSPS) is 12.7. The van der Waals surface area contributed by atoms with Crippen LogP contribution in [0, 0.1) is 6.92 Å². The first-order valence-electron chi connectivity index (χ1n) is 7.12. The third kappa shape index (κ3) is 3.08. The molecule has 116 valence electrons. The highest BCUT2D eigenvalue weighted by Gasteiger charge is 2.19. The molecule has 2 aromatic rings. The predicted octanol–water partition coefficient (Wildman–Crippen LogP) is 3.11. The van der Waals surface area contributed by atoms with Crippen LogP contribution in [0.25, 0.3) is 6.08 Å². The zero-order chi connectivity index (χ0) is 16.4. The summed E-state index contributed by atoms with van der Waals surface area (Å²) in [5.74, 6) is -0.723. The Morgan fingerprint density at radius 3 is 2.74 bits per heavy atom. The van der Waals surface area contributed by atoms with Crippen LogP contribution in [0.15, 0.2) is 48.0 Å². The van der Waals surface area contributed by atoms with E-state index in [2.05, 4.69) is 5.32 Å². The highest BCUT2D eigenvalue weighted by atomic mass is 16.5. The van der Waals surface area contributed by atoms with Gasteiger partial charge in [-0.1, -0.05) is 23.8 Å². The van der Waals surface area contributed by atoms with Gasteiger partial charge < -0.3 is 15.2 Å². The number of aryl methyl sites for hydroxylation is 1. The summed E-state index contributed by atoms with van der Waals surface area (Å²) in [5, 5.41) is 11.8. The molecule has 2 N–H and O–H groups in total. The van der Waals surface area contributed by atoms with Crippen molar-refractivity contribution in [3.63, 3.8) is 0 Å². The first-order chi connectivity index (χ1) is 11.0. The topological polar surface area (TPSA) is 75.6 Å². The number of nitrogens with one attached hydrogen (secondary N) is 1. The molecule has 0 bridgehead atoms. The van der Waals surface area contributed by atoms with Crippen molar-refractivity contribution in [2.75, 3.05) is 11.9 Å². The van der Waals surface area contributed by atoms with Crippen LogP contribution in [0.3, 0.4) is 0 Å². The van der Waals surface area contributed by atoms with Crippen LogP contribution in [-0.4, -0.2) is 23.6 Å². The van der Waals surface area contributed by atoms with Crippen molar-refractivity contribution in [2.24, 2.45) is 0 Å². The molecule has 5 heteroatoms. The summed E-state index contributed by atoms with van der Waals surface area (Å²) >= 11 is 0. The van der Waals surface area contributed by atoms with Crippen LogP contribution in [0.1, 0.15) is 21.5 Å². The Bertz CT molecular complexity index is 824. The average molecular weight is 309 g/mol. The van der Waals surface area contributed by atoms with Crippen LogP contribution in [0.5, 0.6) is 5.75 Å². The van der Waals surface area contributed by atoms with Crippen molar-refractivity contribution in [3.8, 4) is 5.75 Å². The Morgan fingerprint density at radius 2 is 1.96 bits per heavy atom. The molecular weight excluding hydrogens is 294 g/mol. The maximum atomic E-state index is 12.4. The Morgan fingerprint density at radius 1 is 1.17 bits per heavy atom. The molecule has 3 rings (SSSR count). The summed E-state index contributed by atoms with van der Waals surface area (Å²) in [6.07, 6.45) is 1.77. The molecule has 0 atom stereocenters. The van der Waals surface area contributed by atoms with Gasteiger partial charge >= 0.3 is 5.97 Å². The standard InChI is InChI=1S/C18H15NO4/c1-11-6-7-16-12(8-11)9-13(10-23-16)17(20)19-15-5-3-2-4-14(15)18(21)22/h2-9H,10H2,1H3,(H,19,20)(H,21,22). The quantitative estimate of drug-likeness (QED) is 0.913. The number of para-hydroxylation sites is 1. The van der Waals surface area contributed by atoms with E-state index in [1.807, 2.05) is 25.1 Å². The summed E-state index contributed by atoms with van der Waals surface area (Å²) in [6.45, 7) is 2.11. The number of carbonyl (C=O) groups excluding carboxylic acids is 1. The minimum Gasteiger partial charge on any atom is -0.488 e. The van der Waals surface area contributed by atoms with Crippen molar-refractivity contribution in [1.82, 2.24) is 0 Å². The van der Waals surface area contributed by atoms with Crippen molar-refractivity contribution in [1.29, 1.82) is 0 Å². The van der Waals surface area contributed by atoms with Crippen LogP contribution in [-0.2, 0) is 4.79 Å². The second kappa shape index (κ2) is 5.96. The highest BCUT2D eigenvalue weighted by Crippen LogP contribution is 2.28. The number of fused-ring (bicyclic) bond motifs is 1. The number of anilines is 1. The predicted molar refractivity (Wildman–Crippen MR) is 86.7 cm³/mol. The molecule has 1 amide bonds. The number of hydrogen-bond acceptors (Lipinski definition) is 3. The lowest BCUT2D eigenvalue weighted by molar-refractivity contribution is -0.113. The molecule has 23 heavy (non-hydrogen) atoms. The minimum absolute atomic E-state index is 0.0504.